The zero-order valence-corrected chi connectivity index (χ0v) is 13.5. The molecule has 0 saturated heterocycles. The Hall–Kier alpha value is -3.02. The second-order valence-electron chi connectivity index (χ2n) is 5.28. The van der Waals surface area contributed by atoms with E-state index in [-0.39, 0.29) is 12.5 Å². The van der Waals surface area contributed by atoms with Crippen molar-refractivity contribution in [2.75, 3.05) is 25.0 Å². The lowest BCUT2D eigenvalue weighted by Gasteiger charge is -2.11. The van der Waals surface area contributed by atoms with E-state index in [0.29, 0.717) is 24.4 Å². The number of aryl methyl sites for hydroxylation is 1. The Morgan fingerprint density at radius 2 is 1.92 bits per heavy atom. The Labute approximate surface area is 141 Å². The molecule has 0 heterocycles. The highest BCUT2D eigenvalue weighted by Gasteiger charge is 2.08. The smallest absolute Gasteiger partial charge is 0.250 e. The number of amides is 2. The quantitative estimate of drug-likeness (QED) is 0.643. The third kappa shape index (κ3) is 5.31. The van der Waals surface area contributed by atoms with Gasteiger partial charge in [-0.05, 0) is 36.8 Å². The summed E-state index contributed by atoms with van der Waals surface area (Å²) in [7, 11) is 0. The topological polar surface area (TPSA) is 93.4 Å². The van der Waals surface area contributed by atoms with Gasteiger partial charge in [0, 0.05) is 5.69 Å². The van der Waals surface area contributed by atoms with Crippen LogP contribution < -0.4 is 21.1 Å². The molecule has 126 valence electrons. The van der Waals surface area contributed by atoms with Crippen molar-refractivity contribution in [2.45, 2.75) is 6.92 Å². The van der Waals surface area contributed by atoms with Gasteiger partial charge in [-0.1, -0.05) is 24.3 Å². The lowest BCUT2D eigenvalue weighted by Crippen LogP contribution is -2.33. The summed E-state index contributed by atoms with van der Waals surface area (Å²) < 4.78 is 5.55. The largest absolute Gasteiger partial charge is 0.492 e. The van der Waals surface area contributed by atoms with Crippen molar-refractivity contribution in [2.24, 2.45) is 5.73 Å². The number of benzene rings is 2. The minimum absolute atomic E-state index is 0.0503. The molecule has 0 spiro atoms. The second-order valence-corrected chi connectivity index (χ2v) is 5.28. The van der Waals surface area contributed by atoms with Crippen molar-refractivity contribution in [3.05, 3.63) is 59.7 Å². The van der Waals surface area contributed by atoms with Gasteiger partial charge in [-0.2, -0.15) is 0 Å². The van der Waals surface area contributed by atoms with Gasteiger partial charge in [-0.25, -0.2) is 0 Å². The molecular weight excluding hydrogens is 306 g/mol. The van der Waals surface area contributed by atoms with Gasteiger partial charge in [0.25, 0.3) is 5.91 Å². The summed E-state index contributed by atoms with van der Waals surface area (Å²) in [5, 5.41) is 5.65. The van der Waals surface area contributed by atoms with E-state index < -0.39 is 5.91 Å². The first-order chi connectivity index (χ1) is 11.6. The van der Waals surface area contributed by atoms with E-state index in [4.69, 9.17) is 10.5 Å². The van der Waals surface area contributed by atoms with Crippen LogP contribution in [0.1, 0.15) is 15.9 Å². The van der Waals surface area contributed by atoms with Crippen LogP contribution in [0.3, 0.4) is 0 Å². The molecular formula is C18H21N3O3. The summed E-state index contributed by atoms with van der Waals surface area (Å²) in [6.45, 7) is 2.82. The molecule has 0 aliphatic carbocycles. The molecule has 6 heteroatoms. The molecule has 6 nitrogen and oxygen atoms in total. The highest BCUT2D eigenvalue weighted by Crippen LogP contribution is 2.13. The van der Waals surface area contributed by atoms with Crippen LogP contribution in [0.2, 0.25) is 0 Å². The van der Waals surface area contributed by atoms with Crippen LogP contribution in [-0.4, -0.2) is 31.5 Å². The van der Waals surface area contributed by atoms with E-state index in [1.807, 2.05) is 31.2 Å². The predicted octanol–water partition coefficient (Wildman–Crippen LogP) is 1.70. The van der Waals surface area contributed by atoms with Gasteiger partial charge in [0.2, 0.25) is 5.91 Å². The van der Waals surface area contributed by atoms with Crippen LogP contribution in [0.4, 0.5) is 5.69 Å². The summed E-state index contributed by atoms with van der Waals surface area (Å²) in [6, 6.07) is 14.5. The van der Waals surface area contributed by atoms with E-state index in [9.17, 15) is 9.59 Å². The Balaban J connectivity index is 1.71. The number of rotatable bonds is 8. The number of nitrogens with two attached hydrogens (primary N) is 1. The molecule has 24 heavy (non-hydrogen) atoms. The first-order valence-corrected chi connectivity index (χ1v) is 7.65. The van der Waals surface area contributed by atoms with E-state index in [2.05, 4.69) is 10.6 Å². The number of anilines is 1. The minimum Gasteiger partial charge on any atom is -0.492 e. The molecule has 2 aromatic carbocycles. The molecule has 0 aromatic heterocycles. The maximum absolute atomic E-state index is 11.8. The average molecular weight is 327 g/mol. The predicted molar refractivity (Wildman–Crippen MR) is 93.1 cm³/mol. The van der Waals surface area contributed by atoms with E-state index in [0.717, 1.165) is 11.3 Å². The highest BCUT2D eigenvalue weighted by molar-refractivity contribution is 5.98. The molecule has 2 aromatic rings. The number of carbonyl (C=O) groups is 2. The molecule has 2 amide bonds. The number of primary amides is 1. The molecule has 0 saturated carbocycles. The summed E-state index contributed by atoms with van der Waals surface area (Å²) in [5.74, 6) is 0.0462. The summed E-state index contributed by atoms with van der Waals surface area (Å²) in [6.07, 6.45) is 0. The number of hydrogen-bond donors (Lipinski definition) is 3. The molecule has 4 N–H and O–H groups in total. The molecule has 2 rings (SSSR count). The number of hydrogen-bond acceptors (Lipinski definition) is 4. The van der Waals surface area contributed by atoms with E-state index in [1.54, 1.807) is 24.3 Å². The highest BCUT2D eigenvalue weighted by atomic mass is 16.5. The summed E-state index contributed by atoms with van der Waals surface area (Å²) in [4.78, 5) is 23.1. The zero-order valence-electron chi connectivity index (χ0n) is 13.5. The van der Waals surface area contributed by atoms with E-state index in [1.165, 1.54) is 0 Å². The van der Waals surface area contributed by atoms with Crippen LogP contribution in [0, 0.1) is 6.92 Å². The van der Waals surface area contributed by atoms with Crippen molar-refractivity contribution in [1.29, 1.82) is 0 Å². The number of ether oxygens (including phenoxy) is 1. The standard InChI is InChI=1S/C18H21N3O3/c1-13-5-4-6-14(11-13)24-10-9-20-17(22)12-21-16-8-3-2-7-15(16)18(19)23/h2-8,11,21H,9-10,12H2,1H3,(H2,19,23)(H,20,22). The third-order valence-electron chi connectivity index (χ3n) is 3.31. The SMILES string of the molecule is Cc1cccc(OCCNC(=O)CNc2ccccc2C(N)=O)c1. The van der Waals surface area contributed by atoms with Crippen molar-refractivity contribution in [3.63, 3.8) is 0 Å². The number of para-hydroxylation sites is 1. The number of carbonyl (C=O) groups excluding carboxylic acids is 2. The Kier molecular flexibility index (Phi) is 6.19. The lowest BCUT2D eigenvalue weighted by molar-refractivity contribution is -0.119. The lowest BCUT2D eigenvalue weighted by atomic mass is 10.1. The Morgan fingerprint density at radius 3 is 2.67 bits per heavy atom. The second kappa shape index (κ2) is 8.57. The Bertz CT molecular complexity index is 716. The molecule has 0 unspecified atom stereocenters. The maximum atomic E-state index is 11.8. The molecule has 0 atom stereocenters. The molecule has 0 aliphatic heterocycles. The fourth-order valence-electron chi connectivity index (χ4n) is 2.15. The Morgan fingerprint density at radius 1 is 1.12 bits per heavy atom. The summed E-state index contributed by atoms with van der Waals surface area (Å²) in [5.41, 5.74) is 7.30. The van der Waals surface area contributed by atoms with Gasteiger partial charge in [-0.3, -0.25) is 9.59 Å². The van der Waals surface area contributed by atoms with E-state index >= 15 is 0 Å². The minimum atomic E-state index is -0.537. The average Bonchev–Trinajstić information content (AvgIpc) is 2.57. The third-order valence-corrected chi connectivity index (χ3v) is 3.31. The first kappa shape index (κ1) is 17.3. The van der Waals surface area contributed by atoms with Gasteiger partial charge >= 0.3 is 0 Å². The van der Waals surface area contributed by atoms with Crippen molar-refractivity contribution < 1.29 is 14.3 Å². The van der Waals surface area contributed by atoms with Gasteiger partial charge in [0.15, 0.2) is 0 Å². The fraction of sp³-hybridized carbons (Fsp3) is 0.222. The first-order valence-electron chi connectivity index (χ1n) is 7.65. The van der Waals surface area contributed by atoms with Crippen molar-refractivity contribution in [3.8, 4) is 5.75 Å². The van der Waals surface area contributed by atoms with Crippen LogP contribution in [0.25, 0.3) is 0 Å². The molecule has 0 radical (unpaired) electrons. The van der Waals surface area contributed by atoms with Crippen LogP contribution in [0.5, 0.6) is 5.75 Å². The van der Waals surface area contributed by atoms with Gasteiger partial charge in [0.1, 0.15) is 12.4 Å². The fourth-order valence-corrected chi connectivity index (χ4v) is 2.15. The zero-order chi connectivity index (χ0) is 17.4. The molecule has 0 fully saturated rings. The van der Waals surface area contributed by atoms with Crippen molar-refractivity contribution >= 4 is 17.5 Å². The maximum Gasteiger partial charge on any atom is 0.250 e. The monoisotopic (exact) mass is 327 g/mol. The van der Waals surface area contributed by atoms with Crippen LogP contribution in [0.15, 0.2) is 48.5 Å². The number of nitrogens with one attached hydrogen (secondary N) is 2. The normalized spacial score (nSPS) is 10.0. The van der Waals surface area contributed by atoms with Gasteiger partial charge in [-0.15, -0.1) is 0 Å². The van der Waals surface area contributed by atoms with Gasteiger partial charge in [0.05, 0.1) is 18.7 Å². The summed E-state index contributed by atoms with van der Waals surface area (Å²) >= 11 is 0. The van der Waals surface area contributed by atoms with Gasteiger partial charge < -0.3 is 21.1 Å². The van der Waals surface area contributed by atoms with Crippen LogP contribution >= 0.6 is 0 Å². The molecule has 0 aliphatic rings. The van der Waals surface area contributed by atoms with Crippen LogP contribution in [-0.2, 0) is 4.79 Å². The molecule has 0 bridgehead atoms. The van der Waals surface area contributed by atoms with Crippen molar-refractivity contribution in [1.82, 2.24) is 5.32 Å².